The van der Waals surface area contributed by atoms with Crippen LogP contribution < -0.4 is 0 Å². The van der Waals surface area contributed by atoms with E-state index in [9.17, 15) is 14.0 Å². The van der Waals surface area contributed by atoms with Crippen LogP contribution in [-0.2, 0) is 4.79 Å². The number of carboxylic acids is 1. The molecule has 1 aliphatic rings. The molecule has 2 N–H and O–H groups in total. The summed E-state index contributed by atoms with van der Waals surface area (Å²) in [6, 6.07) is 9.10. The molecule has 1 aromatic heterocycles. The maximum absolute atomic E-state index is 14.0. The lowest BCUT2D eigenvalue weighted by molar-refractivity contribution is -0.149. The van der Waals surface area contributed by atoms with Crippen LogP contribution >= 0.6 is 0 Å². The Balaban J connectivity index is 1.85. The van der Waals surface area contributed by atoms with E-state index in [1.165, 1.54) is 4.90 Å². The molecule has 1 aliphatic heterocycles. The molecule has 20 heavy (non-hydrogen) atoms. The smallest absolute Gasteiger partial charge is 0.343 e. The molecule has 6 heteroatoms. The number of carboxylic acid groups (broad SMARTS) is 1. The Kier molecular flexibility index (Phi) is 2.74. The van der Waals surface area contributed by atoms with Crippen LogP contribution in [0.4, 0.5) is 4.39 Å². The molecule has 1 amide bonds. The Morgan fingerprint density at radius 3 is 2.75 bits per heavy atom. The number of nitrogens with zero attached hydrogens (tertiary/aromatic N) is 1. The van der Waals surface area contributed by atoms with Gasteiger partial charge in [-0.3, -0.25) is 4.79 Å². The van der Waals surface area contributed by atoms with Crippen molar-refractivity contribution in [3.63, 3.8) is 0 Å². The first-order valence-electron chi connectivity index (χ1n) is 6.29. The van der Waals surface area contributed by atoms with Gasteiger partial charge in [0.1, 0.15) is 5.69 Å². The van der Waals surface area contributed by atoms with Crippen LogP contribution in [0.25, 0.3) is 10.9 Å². The van der Waals surface area contributed by atoms with Crippen LogP contribution in [0.5, 0.6) is 0 Å². The lowest BCUT2D eigenvalue weighted by atomic mass is 10.1. The molecular weight excluding hydrogens is 263 g/mol. The number of para-hydroxylation sites is 1. The van der Waals surface area contributed by atoms with E-state index in [4.69, 9.17) is 5.11 Å². The maximum atomic E-state index is 14.0. The molecule has 0 saturated carbocycles. The monoisotopic (exact) mass is 276 g/mol. The van der Waals surface area contributed by atoms with Gasteiger partial charge in [-0.15, -0.1) is 0 Å². The van der Waals surface area contributed by atoms with E-state index in [0.29, 0.717) is 5.69 Å². The minimum Gasteiger partial charge on any atom is -0.479 e. The van der Waals surface area contributed by atoms with Crippen LogP contribution in [-0.4, -0.2) is 45.6 Å². The number of aromatic amines is 1. The Morgan fingerprint density at radius 1 is 1.35 bits per heavy atom. The number of benzene rings is 1. The number of alkyl halides is 1. The highest BCUT2D eigenvalue weighted by Crippen LogP contribution is 2.27. The fourth-order valence-electron chi connectivity index (χ4n) is 2.48. The molecule has 0 bridgehead atoms. The lowest BCUT2D eigenvalue weighted by Gasteiger charge is -2.16. The maximum Gasteiger partial charge on any atom is 0.343 e. The summed E-state index contributed by atoms with van der Waals surface area (Å²) in [6.45, 7) is -0.298. The highest BCUT2D eigenvalue weighted by atomic mass is 19.1. The molecule has 2 aromatic rings. The molecule has 5 nitrogen and oxygen atoms in total. The molecule has 1 aromatic carbocycles. The zero-order valence-corrected chi connectivity index (χ0v) is 10.6. The van der Waals surface area contributed by atoms with Crippen molar-refractivity contribution in [2.45, 2.75) is 12.1 Å². The zero-order valence-electron chi connectivity index (χ0n) is 10.6. The van der Waals surface area contributed by atoms with Gasteiger partial charge in [0, 0.05) is 23.9 Å². The first-order chi connectivity index (χ1) is 9.49. The van der Waals surface area contributed by atoms with Crippen molar-refractivity contribution in [3.05, 3.63) is 36.0 Å². The van der Waals surface area contributed by atoms with E-state index < -0.39 is 18.2 Å². The van der Waals surface area contributed by atoms with Crippen LogP contribution in [0.3, 0.4) is 0 Å². The zero-order chi connectivity index (χ0) is 14.3. The molecule has 3 rings (SSSR count). The number of H-pyrrole nitrogens is 1. The minimum atomic E-state index is -2.33. The van der Waals surface area contributed by atoms with E-state index in [0.717, 1.165) is 10.9 Å². The molecule has 0 radical (unpaired) electrons. The standard InChI is InChI=1S/C14H13FN2O3/c15-14(13(19)20)5-6-17(8-14)12(18)11-7-9-3-1-2-4-10(9)16-11/h1-4,7,16H,5-6,8H2,(H,19,20). The molecular formula is C14H13FN2O3. The van der Waals surface area contributed by atoms with Crippen molar-refractivity contribution in [1.29, 1.82) is 0 Å². The second-order valence-electron chi connectivity index (χ2n) is 5.02. The summed E-state index contributed by atoms with van der Waals surface area (Å²) >= 11 is 0. The second kappa shape index (κ2) is 4.33. The summed E-state index contributed by atoms with van der Waals surface area (Å²) in [7, 11) is 0. The molecule has 2 heterocycles. The topological polar surface area (TPSA) is 73.4 Å². The van der Waals surface area contributed by atoms with Crippen molar-refractivity contribution in [2.75, 3.05) is 13.1 Å². The van der Waals surface area contributed by atoms with Gasteiger partial charge in [0.2, 0.25) is 5.67 Å². The average Bonchev–Trinajstić information content (AvgIpc) is 3.02. The highest BCUT2D eigenvalue weighted by Gasteiger charge is 2.47. The van der Waals surface area contributed by atoms with Crippen LogP contribution in [0.15, 0.2) is 30.3 Å². The Hall–Kier alpha value is -2.37. The van der Waals surface area contributed by atoms with Crippen molar-refractivity contribution in [2.24, 2.45) is 0 Å². The number of rotatable bonds is 2. The summed E-state index contributed by atoms with van der Waals surface area (Å²) < 4.78 is 14.0. The van der Waals surface area contributed by atoms with Gasteiger partial charge < -0.3 is 15.0 Å². The first kappa shape index (κ1) is 12.7. The third-order valence-corrected chi connectivity index (χ3v) is 3.65. The molecule has 0 spiro atoms. The number of likely N-dealkylation sites (tertiary alicyclic amines) is 1. The molecule has 1 atom stereocenters. The Bertz CT molecular complexity index is 664. The van der Waals surface area contributed by atoms with Crippen LogP contribution in [0.1, 0.15) is 16.9 Å². The highest BCUT2D eigenvalue weighted by molar-refractivity contribution is 5.98. The summed E-state index contributed by atoms with van der Waals surface area (Å²) in [4.78, 5) is 27.3. The van der Waals surface area contributed by atoms with Crippen molar-refractivity contribution in [1.82, 2.24) is 9.88 Å². The van der Waals surface area contributed by atoms with E-state index in [1.54, 1.807) is 6.07 Å². The number of fused-ring (bicyclic) bond motifs is 1. The van der Waals surface area contributed by atoms with Crippen molar-refractivity contribution in [3.8, 4) is 0 Å². The molecule has 1 fully saturated rings. The Labute approximate surface area is 114 Å². The largest absolute Gasteiger partial charge is 0.479 e. The number of nitrogens with one attached hydrogen (secondary N) is 1. The SMILES string of the molecule is O=C(c1cc2ccccc2[nH]1)N1CCC(F)(C(=O)O)C1. The minimum absolute atomic E-state index is 0.108. The van der Waals surface area contributed by atoms with Crippen LogP contribution in [0, 0.1) is 0 Å². The number of amides is 1. The van der Waals surface area contributed by atoms with E-state index in [-0.39, 0.29) is 18.9 Å². The van der Waals surface area contributed by atoms with E-state index >= 15 is 0 Å². The summed E-state index contributed by atoms with van der Waals surface area (Å²) in [5.41, 5.74) is -1.16. The predicted octanol–water partition coefficient (Wildman–Crippen LogP) is 1.81. The number of carbonyl (C=O) groups is 2. The van der Waals surface area contributed by atoms with Gasteiger partial charge in [-0.2, -0.15) is 0 Å². The fraction of sp³-hybridized carbons (Fsp3) is 0.286. The number of carbonyl (C=O) groups excluding carboxylic acids is 1. The third-order valence-electron chi connectivity index (χ3n) is 3.65. The number of aromatic nitrogens is 1. The quantitative estimate of drug-likeness (QED) is 0.878. The van der Waals surface area contributed by atoms with E-state index in [1.807, 2.05) is 24.3 Å². The van der Waals surface area contributed by atoms with Crippen LogP contribution in [0.2, 0.25) is 0 Å². The lowest BCUT2D eigenvalue weighted by Crippen LogP contribution is -2.39. The Morgan fingerprint density at radius 2 is 2.10 bits per heavy atom. The summed E-state index contributed by atoms with van der Waals surface area (Å²) in [5, 5.41) is 9.72. The van der Waals surface area contributed by atoms with Gasteiger partial charge in [-0.1, -0.05) is 18.2 Å². The summed E-state index contributed by atoms with van der Waals surface area (Å²) in [5.74, 6) is -1.88. The van der Waals surface area contributed by atoms with Gasteiger partial charge in [0.25, 0.3) is 5.91 Å². The van der Waals surface area contributed by atoms with Gasteiger partial charge >= 0.3 is 5.97 Å². The molecule has 104 valence electrons. The number of aliphatic carboxylic acids is 1. The molecule has 0 aliphatic carbocycles. The summed E-state index contributed by atoms with van der Waals surface area (Å²) in [6.07, 6.45) is -0.172. The third kappa shape index (κ3) is 1.93. The number of hydrogen-bond donors (Lipinski definition) is 2. The number of hydrogen-bond acceptors (Lipinski definition) is 2. The van der Waals surface area contributed by atoms with Gasteiger partial charge in [0.15, 0.2) is 0 Å². The first-order valence-corrected chi connectivity index (χ1v) is 6.29. The number of halogens is 1. The van der Waals surface area contributed by atoms with E-state index in [2.05, 4.69) is 4.98 Å². The second-order valence-corrected chi connectivity index (χ2v) is 5.02. The average molecular weight is 276 g/mol. The predicted molar refractivity (Wildman–Crippen MR) is 70.3 cm³/mol. The molecule has 1 saturated heterocycles. The van der Waals surface area contributed by atoms with Gasteiger partial charge in [-0.05, 0) is 12.1 Å². The van der Waals surface area contributed by atoms with Gasteiger partial charge in [0.05, 0.1) is 6.54 Å². The normalized spacial score (nSPS) is 22.4. The van der Waals surface area contributed by atoms with Crippen molar-refractivity contribution < 1.29 is 19.1 Å². The fourth-order valence-corrected chi connectivity index (χ4v) is 2.48. The van der Waals surface area contributed by atoms with Crippen molar-refractivity contribution >= 4 is 22.8 Å². The van der Waals surface area contributed by atoms with Gasteiger partial charge in [-0.25, -0.2) is 9.18 Å². The molecule has 1 unspecified atom stereocenters.